The van der Waals surface area contributed by atoms with Crippen LogP contribution in [0.5, 0.6) is 0 Å². The van der Waals surface area contributed by atoms with Crippen molar-refractivity contribution in [3.8, 4) is 0 Å². The van der Waals surface area contributed by atoms with Crippen LogP contribution in [0.25, 0.3) is 0 Å². The number of rotatable bonds is 3. The molecule has 2 amide bonds. The van der Waals surface area contributed by atoms with Crippen LogP contribution in [0, 0.1) is 5.82 Å². The minimum absolute atomic E-state index is 0.132. The van der Waals surface area contributed by atoms with E-state index >= 15 is 0 Å². The number of anilines is 1. The second kappa shape index (κ2) is 7.68. The highest BCUT2D eigenvalue weighted by atomic mass is 35.5. The Morgan fingerprint density at radius 2 is 2.00 bits per heavy atom. The van der Waals surface area contributed by atoms with Crippen LogP contribution < -0.4 is 10.6 Å². The summed E-state index contributed by atoms with van der Waals surface area (Å²) in [5.74, 6) is -2.76. The Hall–Kier alpha value is -1.70. The summed E-state index contributed by atoms with van der Waals surface area (Å²) < 4.78 is 24.8. The monoisotopic (exact) mass is 370 g/mol. The lowest BCUT2D eigenvalue weighted by molar-refractivity contribution is -0.186. The highest BCUT2D eigenvalue weighted by Gasteiger charge is 2.42. The standard InChI is InChI=1S/C17H20ClFN2O4/c18-13-8-11(4-5-14(13)19)21-16(23)15(22)20-9-12-10-24-17(25-12)6-2-1-3-7-17/h4-5,8,12H,1-3,6-7,9-10H2,(H,20,22)(H,21,23)/t12-/m0/s1. The maximum atomic E-state index is 13.1. The van der Waals surface area contributed by atoms with Gasteiger partial charge in [-0.2, -0.15) is 0 Å². The predicted molar refractivity (Wildman–Crippen MR) is 89.7 cm³/mol. The molecule has 136 valence electrons. The van der Waals surface area contributed by atoms with Gasteiger partial charge in [-0.3, -0.25) is 9.59 Å². The Morgan fingerprint density at radius 1 is 1.24 bits per heavy atom. The van der Waals surface area contributed by atoms with Crippen LogP contribution in [0.15, 0.2) is 18.2 Å². The molecule has 0 radical (unpaired) electrons. The van der Waals surface area contributed by atoms with Gasteiger partial charge in [-0.1, -0.05) is 18.0 Å². The van der Waals surface area contributed by atoms with E-state index in [1.807, 2.05) is 0 Å². The van der Waals surface area contributed by atoms with E-state index in [0.717, 1.165) is 31.7 Å². The van der Waals surface area contributed by atoms with E-state index in [1.54, 1.807) is 0 Å². The van der Waals surface area contributed by atoms with Gasteiger partial charge in [0.2, 0.25) is 0 Å². The first-order chi connectivity index (χ1) is 12.0. The third-order valence-corrected chi connectivity index (χ3v) is 4.69. The van der Waals surface area contributed by atoms with E-state index < -0.39 is 23.4 Å². The zero-order valence-electron chi connectivity index (χ0n) is 13.6. The minimum atomic E-state index is -0.853. The summed E-state index contributed by atoms with van der Waals surface area (Å²) in [6.45, 7) is 0.591. The molecule has 1 saturated heterocycles. The fourth-order valence-electron chi connectivity index (χ4n) is 3.12. The number of ether oxygens (including phenoxy) is 2. The molecule has 1 aliphatic carbocycles. The van der Waals surface area contributed by atoms with Gasteiger partial charge < -0.3 is 20.1 Å². The normalized spacial score (nSPS) is 21.9. The first-order valence-electron chi connectivity index (χ1n) is 8.33. The second-order valence-electron chi connectivity index (χ2n) is 6.32. The quantitative estimate of drug-likeness (QED) is 0.802. The first kappa shape index (κ1) is 18.1. The molecular formula is C17H20ClFN2O4. The lowest BCUT2D eigenvalue weighted by Crippen LogP contribution is -2.41. The summed E-state index contributed by atoms with van der Waals surface area (Å²) >= 11 is 5.64. The van der Waals surface area contributed by atoms with Crippen molar-refractivity contribution in [1.29, 1.82) is 0 Å². The Labute approximate surface area is 150 Å². The van der Waals surface area contributed by atoms with Gasteiger partial charge in [-0.15, -0.1) is 0 Å². The number of halogens is 2. The zero-order chi connectivity index (χ0) is 17.9. The van der Waals surface area contributed by atoms with Crippen molar-refractivity contribution >= 4 is 29.1 Å². The largest absolute Gasteiger partial charge is 0.347 e. The van der Waals surface area contributed by atoms with Gasteiger partial charge in [0.1, 0.15) is 11.9 Å². The second-order valence-corrected chi connectivity index (χ2v) is 6.72. The summed E-state index contributed by atoms with van der Waals surface area (Å²) in [6.07, 6.45) is 4.79. The molecule has 1 saturated carbocycles. The highest BCUT2D eigenvalue weighted by molar-refractivity contribution is 6.39. The van der Waals surface area contributed by atoms with Crippen molar-refractivity contribution in [2.75, 3.05) is 18.5 Å². The van der Waals surface area contributed by atoms with Crippen molar-refractivity contribution in [1.82, 2.24) is 5.32 Å². The molecule has 3 rings (SSSR count). The summed E-state index contributed by atoms with van der Waals surface area (Å²) in [4.78, 5) is 23.8. The van der Waals surface area contributed by atoms with Gasteiger partial charge in [0.05, 0.1) is 11.6 Å². The van der Waals surface area contributed by atoms with Crippen molar-refractivity contribution in [3.63, 3.8) is 0 Å². The van der Waals surface area contributed by atoms with Crippen LogP contribution in [0.1, 0.15) is 32.1 Å². The summed E-state index contributed by atoms with van der Waals surface area (Å²) in [6, 6.07) is 3.68. The molecule has 2 fully saturated rings. The Morgan fingerprint density at radius 3 is 2.72 bits per heavy atom. The van der Waals surface area contributed by atoms with Crippen LogP contribution in [-0.2, 0) is 19.1 Å². The van der Waals surface area contributed by atoms with Crippen LogP contribution >= 0.6 is 11.6 Å². The number of hydrogen-bond acceptors (Lipinski definition) is 4. The predicted octanol–water partition coefficient (Wildman–Crippen LogP) is 2.61. The molecule has 0 bridgehead atoms. The molecule has 2 N–H and O–H groups in total. The van der Waals surface area contributed by atoms with Crippen molar-refractivity contribution in [3.05, 3.63) is 29.0 Å². The third-order valence-electron chi connectivity index (χ3n) is 4.40. The molecule has 0 unspecified atom stereocenters. The fourth-order valence-corrected chi connectivity index (χ4v) is 3.30. The molecule has 25 heavy (non-hydrogen) atoms. The van der Waals surface area contributed by atoms with Gasteiger partial charge in [0.15, 0.2) is 5.79 Å². The number of nitrogens with one attached hydrogen (secondary N) is 2. The van der Waals surface area contributed by atoms with Gasteiger partial charge in [0, 0.05) is 25.1 Å². The fraction of sp³-hybridized carbons (Fsp3) is 0.529. The molecule has 0 aromatic heterocycles. The molecule has 1 aromatic carbocycles. The molecule has 1 aliphatic heterocycles. The van der Waals surface area contributed by atoms with Crippen molar-refractivity contribution in [2.45, 2.75) is 44.0 Å². The maximum Gasteiger partial charge on any atom is 0.313 e. The topological polar surface area (TPSA) is 76.7 Å². The minimum Gasteiger partial charge on any atom is -0.347 e. The molecule has 2 aliphatic rings. The molecule has 6 nitrogen and oxygen atoms in total. The molecular weight excluding hydrogens is 351 g/mol. The van der Waals surface area contributed by atoms with Crippen LogP contribution in [0.4, 0.5) is 10.1 Å². The van der Waals surface area contributed by atoms with Gasteiger partial charge >= 0.3 is 11.8 Å². The van der Waals surface area contributed by atoms with Crippen LogP contribution in [0.3, 0.4) is 0 Å². The smallest absolute Gasteiger partial charge is 0.313 e. The van der Waals surface area contributed by atoms with E-state index in [2.05, 4.69) is 10.6 Å². The van der Waals surface area contributed by atoms with E-state index in [1.165, 1.54) is 18.6 Å². The van der Waals surface area contributed by atoms with Crippen molar-refractivity contribution in [2.24, 2.45) is 0 Å². The average Bonchev–Trinajstić information content (AvgIpc) is 2.99. The lowest BCUT2D eigenvalue weighted by atomic mass is 9.94. The molecule has 8 heteroatoms. The van der Waals surface area contributed by atoms with Crippen LogP contribution in [0.2, 0.25) is 5.02 Å². The Balaban J connectivity index is 1.46. The van der Waals surface area contributed by atoms with E-state index in [-0.39, 0.29) is 23.4 Å². The van der Waals surface area contributed by atoms with Gasteiger partial charge in [-0.05, 0) is 31.0 Å². The third kappa shape index (κ3) is 4.48. The molecule has 1 aromatic rings. The average molecular weight is 371 g/mol. The van der Waals surface area contributed by atoms with Gasteiger partial charge in [0.25, 0.3) is 0 Å². The zero-order valence-corrected chi connectivity index (χ0v) is 14.4. The molecule has 1 heterocycles. The van der Waals surface area contributed by atoms with E-state index in [4.69, 9.17) is 21.1 Å². The van der Waals surface area contributed by atoms with Crippen molar-refractivity contribution < 1.29 is 23.5 Å². The molecule has 1 spiro atoms. The SMILES string of the molecule is O=C(NC[C@H]1COC2(CCCCC2)O1)C(=O)Nc1ccc(F)c(Cl)c1. The number of hydrogen-bond donors (Lipinski definition) is 2. The van der Waals surface area contributed by atoms with E-state index in [0.29, 0.717) is 6.61 Å². The Bertz CT molecular complexity index is 664. The lowest BCUT2D eigenvalue weighted by Gasteiger charge is -2.31. The number of carbonyl (C=O) groups excluding carboxylic acids is 2. The number of amides is 2. The first-order valence-corrected chi connectivity index (χ1v) is 8.71. The van der Waals surface area contributed by atoms with Crippen LogP contribution in [-0.4, -0.2) is 36.9 Å². The summed E-state index contributed by atoms with van der Waals surface area (Å²) in [5.41, 5.74) is 0.244. The molecule has 1 atom stereocenters. The summed E-state index contributed by atoms with van der Waals surface area (Å²) in [5, 5.41) is 4.77. The van der Waals surface area contributed by atoms with E-state index in [9.17, 15) is 14.0 Å². The number of carbonyl (C=O) groups is 2. The Kier molecular flexibility index (Phi) is 5.56. The van der Waals surface area contributed by atoms with Gasteiger partial charge in [-0.25, -0.2) is 4.39 Å². The maximum absolute atomic E-state index is 13.1. The number of benzene rings is 1. The highest BCUT2D eigenvalue weighted by Crippen LogP contribution is 2.37. The summed E-state index contributed by atoms with van der Waals surface area (Å²) in [7, 11) is 0.